The summed E-state index contributed by atoms with van der Waals surface area (Å²) >= 11 is 0. The number of benzene rings is 1. The molecule has 37 heavy (non-hydrogen) atoms. The van der Waals surface area contributed by atoms with E-state index in [1.165, 1.54) is 0 Å². The van der Waals surface area contributed by atoms with Crippen molar-refractivity contribution in [2.45, 2.75) is 77.8 Å². The van der Waals surface area contributed by atoms with Crippen LogP contribution in [0.2, 0.25) is 0 Å². The van der Waals surface area contributed by atoms with E-state index in [2.05, 4.69) is 10.2 Å². The van der Waals surface area contributed by atoms with Crippen LogP contribution in [0, 0.1) is 17.3 Å². The Balaban J connectivity index is 1.73. The highest BCUT2D eigenvalue weighted by molar-refractivity contribution is 5.83. The average Bonchev–Trinajstić information content (AvgIpc) is 3.29. The second-order valence-corrected chi connectivity index (χ2v) is 10.4. The predicted octanol–water partition coefficient (Wildman–Crippen LogP) is 5.81. The Morgan fingerprint density at radius 3 is 2.24 bits per heavy atom. The van der Waals surface area contributed by atoms with E-state index < -0.39 is 35.4 Å². The fourth-order valence-corrected chi connectivity index (χ4v) is 5.62. The minimum atomic E-state index is -4.95. The molecule has 3 unspecified atom stereocenters. The summed E-state index contributed by atoms with van der Waals surface area (Å²) in [6.45, 7) is 6.75. The lowest BCUT2D eigenvalue weighted by molar-refractivity contribution is -0.150. The largest absolute Gasteiger partial charge is 0.466 e. The first-order valence-electron chi connectivity index (χ1n) is 12.6. The summed E-state index contributed by atoms with van der Waals surface area (Å²) in [7, 11) is 0. The van der Waals surface area contributed by atoms with Crippen LogP contribution in [0.1, 0.15) is 69.6 Å². The third-order valence-electron chi connectivity index (χ3n) is 7.77. The third kappa shape index (κ3) is 6.78. The van der Waals surface area contributed by atoms with Crippen LogP contribution in [0.3, 0.4) is 0 Å². The summed E-state index contributed by atoms with van der Waals surface area (Å²) in [4.78, 5) is 27.8. The summed E-state index contributed by atoms with van der Waals surface area (Å²) in [5.74, 6) is -0.928. The number of carbonyl (C=O) groups is 2. The van der Waals surface area contributed by atoms with E-state index >= 15 is 0 Å². The average molecular weight is 537 g/mol. The van der Waals surface area contributed by atoms with Crippen LogP contribution in [-0.2, 0) is 33.2 Å². The third-order valence-corrected chi connectivity index (χ3v) is 7.77. The molecule has 0 radical (unpaired) electrons. The molecule has 208 valence electrons. The maximum Gasteiger partial charge on any atom is 0.416 e. The monoisotopic (exact) mass is 536 g/mol. The zero-order chi connectivity index (χ0) is 27.6. The molecule has 11 heteroatoms. The summed E-state index contributed by atoms with van der Waals surface area (Å²) in [5, 5.41) is 2.62. The highest BCUT2D eigenvalue weighted by Gasteiger charge is 2.49. The molecule has 5 nitrogen and oxygen atoms in total. The maximum absolute atomic E-state index is 13.4. The molecule has 0 aromatic heterocycles. The second kappa shape index (κ2) is 11.2. The topological polar surface area (TPSA) is 58.6 Å². The Bertz CT molecular complexity index is 946. The van der Waals surface area contributed by atoms with E-state index in [-0.39, 0.29) is 41.4 Å². The van der Waals surface area contributed by atoms with Gasteiger partial charge in [0.2, 0.25) is 5.91 Å². The first-order chi connectivity index (χ1) is 17.2. The van der Waals surface area contributed by atoms with Gasteiger partial charge in [-0.05, 0) is 75.3 Å². The van der Waals surface area contributed by atoms with Gasteiger partial charge in [0.25, 0.3) is 0 Å². The van der Waals surface area contributed by atoms with Crippen LogP contribution in [-0.4, -0.2) is 42.5 Å². The highest BCUT2D eigenvalue weighted by Crippen LogP contribution is 2.47. The molecule has 1 amide bonds. The number of ether oxygens (including phenoxy) is 1. The minimum Gasteiger partial charge on any atom is -0.466 e. The van der Waals surface area contributed by atoms with E-state index in [1.54, 1.807) is 6.92 Å². The van der Waals surface area contributed by atoms with Gasteiger partial charge in [0.15, 0.2) is 0 Å². The standard InChI is InChI=1S/C26H34F6N2O3/c1-4-37-22(35)18-6-5-9-34(15-18)21-7-8-24(13-21,16(2)3)23(36)33-14-17-10-19(25(27,28)29)12-20(11-17)26(30,31)32/h10-12,16,18,21H,4-9,13-15H2,1-3H3,(H,33,36). The Labute approximate surface area is 212 Å². The number of amides is 1. The molecule has 1 aromatic carbocycles. The molecule has 1 heterocycles. The number of hydrogen-bond acceptors (Lipinski definition) is 4. The fraction of sp³-hybridized carbons (Fsp3) is 0.692. The Morgan fingerprint density at radius 2 is 1.70 bits per heavy atom. The summed E-state index contributed by atoms with van der Waals surface area (Å²) in [5.41, 5.74) is -3.90. The molecule has 2 fully saturated rings. The number of carbonyl (C=O) groups excluding carboxylic acids is 2. The van der Waals surface area contributed by atoms with Crippen LogP contribution in [0.25, 0.3) is 0 Å². The Morgan fingerprint density at radius 1 is 1.08 bits per heavy atom. The summed E-state index contributed by atoms with van der Waals surface area (Å²) in [6, 6.07) is 1.40. The lowest BCUT2D eigenvalue weighted by Crippen LogP contribution is -2.47. The van der Waals surface area contributed by atoms with Crippen molar-refractivity contribution in [1.29, 1.82) is 0 Å². The predicted molar refractivity (Wildman–Crippen MR) is 124 cm³/mol. The molecule has 1 aromatic rings. The second-order valence-electron chi connectivity index (χ2n) is 10.4. The van der Waals surface area contributed by atoms with E-state index in [9.17, 15) is 35.9 Å². The van der Waals surface area contributed by atoms with Crippen LogP contribution >= 0.6 is 0 Å². The van der Waals surface area contributed by atoms with Gasteiger partial charge in [-0.3, -0.25) is 14.5 Å². The van der Waals surface area contributed by atoms with E-state index in [0.717, 1.165) is 19.4 Å². The van der Waals surface area contributed by atoms with Gasteiger partial charge in [-0.1, -0.05) is 13.8 Å². The molecule has 0 bridgehead atoms. The number of halogens is 6. The molecular formula is C26H34F6N2O3. The lowest BCUT2D eigenvalue weighted by atomic mass is 9.74. The lowest BCUT2D eigenvalue weighted by Gasteiger charge is -2.38. The normalized spacial score (nSPS) is 25.4. The van der Waals surface area contributed by atoms with Crippen molar-refractivity contribution in [2.24, 2.45) is 17.3 Å². The highest BCUT2D eigenvalue weighted by atomic mass is 19.4. The number of likely N-dealkylation sites (tertiary alicyclic amines) is 1. The molecule has 1 aliphatic carbocycles. The molecule has 1 N–H and O–H groups in total. The van der Waals surface area contributed by atoms with Gasteiger partial charge in [0, 0.05) is 19.1 Å². The van der Waals surface area contributed by atoms with Crippen molar-refractivity contribution in [2.75, 3.05) is 19.7 Å². The van der Waals surface area contributed by atoms with Crippen LogP contribution in [0.15, 0.2) is 18.2 Å². The molecule has 3 atom stereocenters. The molecule has 2 aliphatic rings. The van der Waals surface area contributed by atoms with E-state index in [1.807, 2.05) is 13.8 Å². The molecule has 1 saturated carbocycles. The number of hydrogen-bond donors (Lipinski definition) is 1. The minimum absolute atomic E-state index is 0.0516. The van der Waals surface area contributed by atoms with Crippen molar-refractivity contribution in [1.82, 2.24) is 10.2 Å². The van der Waals surface area contributed by atoms with Gasteiger partial charge in [-0.15, -0.1) is 0 Å². The van der Waals surface area contributed by atoms with E-state index in [0.29, 0.717) is 44.5 Å². The molecule has 3 rings (SSSR count). The number of nitrogens with one attached hydrogen (secondary N) is 1. The van der Waals surface area contributed by atoms with Gasteiger partial charge >= 0.3 is 18.3 Å². The molecule has 1 aliphatic heterocycles. The van der Waals surface area contributed by atoms with Gasteiger partial charge in [0.05, 0.1) is 29.1 Å². The maximum atomic E-state index is 13.4. The zero-order valence-corrected chi connectivity index (χ0v) is 21.3. The van der Waals surface area contributed by atoms with Gasteiger partial charge in [-0.25, -0.2) is 0 Å². The molecule has 0 spiro atoms. The van der Waals surface area contributed by atoms with Gasteiger partial charge in [-0.2, -0.15) is 26.3 Å². The van der Waals surface area contributed by atoms with Crippen molar-refractivity contribution >= 4 is 11.9 Å². The first-order valence-corrected chi connectivity index (χ1v) is 12.6. The first kappa shape index (κ1) is 29.3. The Hall–Kier alpha value is -2.30. The zero-order valence-electron chi connectivity index (χ0n) is 21.3. The molecular weight excluding hydrogens is 502 g/mol. The summed E-state index contributed by atoms with van der Waals surface area (Å²) in [6.07, 6.45) is -6.57. The van der Waals surface area contributed by atoms with Crippen LogP contribution in [0.5, 0.6) is 0 Å². The summed E-state index contributed by atoms with van der Waals surface area (Å²) < 4.78 is 84.4. The quantitative estimate of drug-likeness (QED) is 0.353. The van der Waals surface area contributed by atoms with Crippen molar-refractivity contribution < 1.29 is 40.7 Å². The van der Waals surface area contributed by atoms with Crippen LogP contribution < -0.4 is 5.32 Å². The van der Waals surface area contributed by atoms with Gasteiger partial charge in [0.1, 0.15) is 0 Å². The number of nitrogens with zero attached hydrogens (tertiary/aromatic N) is 1. The fourth-order valence-electron chi connectivity index (χ4n) is 5.62. The Kier molecular flexibility index (Phi) is 8.86. The van der Waals surface area contributed by atoms with E-state index in [4.69, 9.17) is 4.74 Å². The number of esters is 1. The SMILES string of the molecule is CCOC(=O)C1CCCN(C2CCC(C(=O)NCc3cc(C(F)(F)F)cc(C(F)(F)F)c3)(C(C)C)C2)C1. The number of rotatable bonds is 7. The smallest absolute Gasteiger partial charge is 0.416 e. The molecule has 1 saturated heterocycles. The van der Waals surface area contributed by atoms with Crippen molar-refractivity contribution in [3.63, 3.8) is 0 Å². The number of alkyl halides is 6. The van der Waals surface area contributed by atoms with Crippen molar-refractivity contribution in [3.05, 3.63) is 34.9 Å². The number of piperidine rings is 1. The van der Waals surface area contributed by atoms with Gasteiger partial charge < -0.3 is 10.1 Å². The van der Waals surface area contributed by atoms with Crippen LogP contribution in [0.4, 0.5) is 26.3 Å². The van der Waals surface area contributed by atoms with Crippen molar-refractivity contribution in [3.8, 4) is 0 Å².